The minimum Gasteiger partial charge on any atom is -0.488 e. The van der Waals surface area contributed by atoms with Gasteiger partial charge in [-0.1, -0.05) is 78.1 Å². The molecule has 0 atom stereocenters. The van der Waals surface area contributed by atoms with Gasteiger partial charge in [-0.3, -0.25) is 0 Å². The number of likely N-dealkylation sites (N-methyl/N-ethyl adjacent to an activating group) is 1. The molecule has 0 N–H and O–H groups in total. The van der Waals surface area contributed by atoms with Crippen LogP contribution < -0.4 is 4.74 Å². The monoisotopic (exact) mass is 469 g/mol. The van der Waals surface area contributed by atoms with Crippen molar-refractivity contribution in [2.75, 3.05) is 45.8 Å². The van der Waals surface area contributed by atoms with Gasteiger partial charge < -0.3 is 9.22 Å². The number of thioether (sulfide) groups is 2. The lowest BCUT2D eigenvalue weighted by Gasteiger charge is -2.23. The first-order chi connectivity index (χ1) is 14.9. The van der Waals surface area contributed by atoms with E-state index in [1.165, 1.54) is 77.0 Å². The van der Waals surface area contributed by atoms with E-state index < -0.39 is 0 Å². The van der Waals surface area contributed by atoms with Crippen LogP contribution in [-0.2, 0) is 0 Å². The van der Waals surface area contributed by atoms with E-state index in [1.54, 1.807) is 0 Å². The Labute approximate surface area is 202 Å². The van der Waals surface area contributed by atoms with Crippen LogP contribution in [0, 0.1) is 0 Å². The van der Waals surface area contributed by atoms with Crippen LogP contribution in [0.1, 0.15) is 90.9 Å². The Bertz CT molecular complexity index is 525. The van der Waals surface area contributed by atoms with E-state index >= 15 is 0 Å². The van der Waals surface area contributed by atoms with Crippen LogP contribution in [0.2, 0.25) is 0 Å². The third-order valence-corrected chi connectivity index (χ3v) is 7.27. The lowest BCUT2D eigenvalue weighted by Crippen LogP contribution is -2.38. The molecule has 5 heteroatoms. The van der Waals surface area contributed by atoms with Crippen LogP contribution in [-0.4, -0.2) is 55.3 Å². The Hall–Kier alpha value is -0.390. The standard InChI is InChI=1S/C26H49N2OS2/c1-6-8-10-12-14-16-20-30-25-22-24(29-19-18-28(3,4)5)23-26(27-25)31-21-17-15-13-11-9-7-2/h22-23H,6-21H2,1-5H3/q+1. The normalized spacial score (nSPS) is 11.8. The Morgan fingerprint density at radius 1 is 0.710 bits per heavy atom. The Morgan fingerprint density at radius 2 is 1.16 bits per heavy atom. The molecule has 0 aliphatic rings. The highest BCUT2D eigenvalue weighted by Gasteiger charge is 2.09. The molecule has 1 heterocycles. The second-order valence-corrected chi connectivity index (χ2v) is 11.8. The van der Waals surface area contributed by atoms with Crippen LogP contribution in [0.15, 0.2) is 22.2 Å². The third kappa shape index (κ3) is 16.8. The number of hydrogen-bond acceptors (Lipinski definition) is 4. The molecule has 0 bridgehead atoms. The summed E-state index contributed by atoms with van der Waals surface area (Å²) >= 11 is 3.79. The van der Waals surface area contributed by atoms with Gasteiger partial charge in [-0.05, 0) is 24.3 Å². The summed E-state index contributed by atoms with van der Waals surface area (Å²) < 4.78 is 7.05. The van der Waals surface area contributed by atoms with Crippen LogP contribution in [0.4, 0.5) is 0 Å². The Morgan fingerprint density at radius 3 is 1.61 bits per heavy atom. The molecule has 1 rings (SSSR count). The predicted molar refractivity (Wildman–Crippen MR) is 141 cm³/mol. The Balaban J connectivity index is 2.50. The zero-order chi connectivity index (χ0) is 22.8. The van der Waals surface area contributed by atoms with Crippen LogP contribution in [0.25, 0.3) is 0 Å². The molecule has 0 aliphatic heterocycles. The van der Waals surface area contributed by atoms with Crippen molar-refractivity contribution in [1.82, 2.24) is 4.98 Å². The predicted octanol–water partition coefficient (Wildman–Crippen LogP) is 8.07. The van der Waals surface area contributed by atoms with Crippen molar-refractivity contribution in [1.29, 1.82) is 0 Å². The summed E-state index contributed by atoms with van der Waals surface area (Å²) in [5.41, 5.74) is 0. The zero-order valence-corrected chi connectivity index (χ0v) is 22.7. The van der Waals surface area contributed by atoms with Gasteiger partial charge in [0.15, 0.2) is 0 Å². The summed E-state index contributed by atoms with van der Waals surface area (Å²) in [6.07, 6.45) is 16.1. The summed E-state index contributed by atoms with van der Waals surface area (Å²) in [6, 6.07) is 4.29. The zero-order valence-electron chi connectivity index (χ0n) is 21.1. The van der Waals surface area contributed by atoms with Crippen LogP contribution in [0.5, 0.6) is 5.75 Å². The molecule has 0 radical (unpaired) electrons. The number of quaternary nitrogens is 1. The van der Waals surface area contributed by atoms with Gasteiger partial charge in [-0.25, -0.2) is 4.98 Å². The number of hydrogen-bond donors (Lipinski definition) is 0. The molecular weight excluding hydrogens is 420 g/mol. The number of ether oxygens (including phenoxy) is 1. The first-order valence-electron chi connectivity index (χ1n) is 12.7. The molecule has 0 fully saturated rings. The van der Waals surface area contributed by atoms with Crippen molar-refractivity contribution >= 4 is 23.5 Å². The smallest absolute Gasteiger partial charge is 0.137 e. The summed E-state index contributed by atoms with van der Waals surface area (Å²) in [4.78, 5) is 4.93. The van der Waals surface area contributed by atoms with E-state index in [0.29, 0.717) is 0 Å². The topological polar surface area (TPSA) is 22.1 Å². The highest BCUT2D eigenvalue weighted by atomic mass is 32.2. The van der Waals surface area contributed by atoms with Gasteiger partial charge in [0, 0.05) is 12.1 Å². The summed E-state index contributed by atoms with van der Waals surface area (Å²) in [5, 5.41) is 2.25. The minimum absolute atomic E-state index is 0.747. The van der Waals surface area contributed by atoms with Gasteiger partial charge in [0.25, 0.3) is 0 Å². The van der Waals surface area contributed by atoms with Gasteiger partial charge >= 0.3 is 0 Å². The van der Waals surface area contributed by atoms with E-state index in [0.717, 1.165) is 44.9 Å². The number of rotatable bonds is 20. The highest BCUT2D eigenvalue weighted by molar-refractivity contribution is 7.99. The first-order valence-corrected chi connectivity index (χ1v) is 14.6. The first kappa shape index (κ1) is 28.6. The van der Waals surface area contributed by atoms with Gasteiger partial charge in [0.2, 0.25) is 0 Å². The fourth-order valence-electron chi connectivity index (χ4n) is 3.25. The fourth-order valence-corrected chi connectivity index (χ4v) is 5.14. The maximum absolute atomic E-state index is 6.12. The van der Waals surface area contributed by atoms with Crippen molar-refractivity contribution < 1.29 is 9.22 Å². The average Bonchev–Trinajstić information content (AvgIpc) is 2.71. The number of unbranched alkanes of at least 4 members (excludes halogenated alkanes) is 10. The SMILES string of the molecule is CCCCCCCCSc1cc(OCC[N+](C)(C)C)cc(SCCCCCCCC)n1. The maximum atomic E-state index is 6.12. The number of nitrogens with zero attached hydrogens (tertiary/aromatic N) is 2. The molecule has 31 heavy (non-hydrogen) atoms. The molecule has 1 aromatic rings. The second kappa shape index (κ2) is 18.1. The van der Waals surface area contributed by atoms with E-state index in [2.05, 4.69) is 47.1 Å². The van der Waals surface area contributed by atoms with E-state index in [1.807, 2.05) is 23.5 Å². The quantitative estimate of drug-likeness (QED) is 0.109. The summed E-state index contributed by atoms with van der Waals surface area (Å²) in [6.45, 7) is 6.30. The molecule has 0 saturated heterocycles. The lowest BCUT2D eigenvalue weighted by molar-refractivity contribution is -0.870. The molecule has 0 saturated carbocycles. The largest absolute Gasteiger partial charge is 0.488 e. The maximum Gasteiger partial charge on any atom is 0.137 e. The van der Waals surface area contributed by atoms with Gasteiger partial charge in [0.1, 0.15) is 29.0 Å². The van der Waals surface area contributed by atoms with Crippen LogP contribution >= 0.6 is 23.5 Å². The van der Waals surface area contributed by atoms with Crippen LogP contribution in [0.3, 0.4) is 0 Å². The third-order valence-electron chi connectivity index (χ3n) is 5.28. The summed E-state index contributed by atoms with van der Waals surface area (Å²) in [5.74, 6) is 3.30. The molecule has 3 nitrogen and oxygen atoms in total. The molecule has 0 aromatic carbocycles. The molecule has 1 aromatic heterocycles. The van der Waals surface area contributed by atoms with Crippen molar-refractivity contribution in [3.05, 3.63) is 12.1 Å². The van der Waals surface area contributed by atoms with E-state index in [4.69, 9.17) is 9.72 Å². The van der Waals surface area contributed by atoms with Gasteiger partial charge in [0.05, 0.1) is 21.1 Å². The second-order valence-electron chi connectivity index (χ2n) is 9.57. The number of pyridine rings is 1. The van der Waals surface area contributed by atoms with Gasteiger partial charge in [-0.15, -0.1) is 23.5 Å². The van der Waals surface area contributed by atoms with Crippen molar-refractivity contribution in [2.45, 2.75) is 101 Å². The van der Waals surface area contributed by atoms with E-state index in [-0.39, 0.29) is 0 Å². The van der Waals surface area contributed by atoms with E-state index in [9.17, 15) is 0 Å². The molecule has 0 aliphatic carbocycles. The van der Waals surface area contributed by atoms with Crippen molar-refractivity contribution in [3.63, 3.8) is 0 Å². The minimum atomic E-state index is 0.747. The van der Waals surface area contributed by atoms with Gasteiger partial charge in [-0.2, -0.15) is 0 Å². The molecule has 0 spiro atoms. The fraction of sp³-hybridized carbons (Fsp3) is 0.808. The molecular formula is C26H49N2OS2+. The molecule has 0 amide bonds. The van der Waals surface area contributed by atoms with Crippen molar-refractivity contribution in [3.8, 4) is 5.75 Å². The lowest BCUT2D eigenvalue weighted by atomic mass is 10.1. The summed E-state index contributed by atoms with van der Waals surface area (Å²) in [7, 11) is 6.62. The molecule has 0 unspecified atom stereocenters. The molecule has 180 valence electrons. The highest BCUT2D eigenvalue weighted by Crippen LogP contribution is 2.29. The Kier molecular flexibility index (Phi) is 16.7. The number of aromatic nitrogens is 1. The average molecular weight is 470 g/mol. The van der Waals surface area contributed by atoms with Crippen molar-refractivity contribution in [2.24, 2.45) is 0 Å².